The molecule has 1 atom stereocenters. The van der Waals surface area contributed by atoms with Gasteiger partial charge in [0.15, 0.2) is 0 Å². The molecule has 0 saturated heterocycles. The van der Waals surface area contributed by atoms with E-state index in [1.165, 1.54) is 0 Å². The molecular formula is C24H28BrNO3. The average molecular weight is 458 g/mol. The summed E-state index contributed by atoms with van der Waals surface area (Å²) in [6.07, 6.45) is 7.22. The topological polar surface area (TPSA) is 73.6 Å². The molecule has 5 heteroatoms. The first kappa shape index (κ1) is 23.1. The van der Waals surface area contributed by atoms with Crippen molar-refractivity contribution in [2.24, 2.45) is 0 Å². The maximum Gasteiger partial charge on any atom is 0.122 e. The fraction of sp³-hybridized carbons (Fsp3) is 0.292. The fourth-order valence-corrected chi connectivity index (χ4v) is 3.54. The zero-order chi connectivity index (χ0) is 21.2. The van der Waals surface area contributed by atoms with Gasteiger partial charge in [0.25, 0.3) is 0 Å². The maximum atomic E-state index is 10.8. The second-order valence-electron chi connectivity index (χ2n) is 6.84. The molecule has 0 radical (unpaired) electrons. The Labute approximate surface area is 181 Å². The summed E-state index contributed by atoms with van der Waals surface area (Å²) in [7, 11) is 0. The second kappa shape index (κ2) is 11.7. The molecule has 1 heterocycles. The van der Waals surface area contributed by atoms with E-state index in [1.54, 1.807) is 24.4 Å². The Balaban J connectivity index is 2.29. The number of rotatable bonds is 10. The molecule has 154 valence electrons. The van der Waals surface area contributed by atoms with E-state index >= 15 is 0 Å². The third-order valence-corrected chi connectivity index (χ3v) is 5.12. The predicted octanol–water partition coefficient (Wildman–Crippen LogP) is 5.51. The minimum atomic E-state index is -0.732. The van der Waals surface area contributed by atoms with E-state index in [0.29, 0.717) is 24.0 Å². The quantitative estimate of drug-likeness (QED) is 0.411. The summed E-state index contributed by atoms with van der Waals surface area (Å²) in [5, 5.41) is 30.3. The number of benzene rings is 1. The lowest BCUT2D eigenvalue weighted by molar-refractivity contribution is 0.202. The number of aromatic nitrogens is 1. The highest BCUT2D eigenvalue weighted by atomic mass is 79.9. The molecule has 0 bridgehead atoms. The van der Waals surface area contributed by atoms with Crippen molar-refractivity contribution < 1.29 is 15.3 Å². The van der Waals surface area contributed by atoms with Crippen LogP contribution in [0, 0.1) is 0 Å². The lowest BCUT2D eigenvalue weighted by atomic mass is 9.92. The highest BCUT2D eigenvalue weighted by Gasteiger charge is 2.15. The Morgan fingerprint density at radius 1 is 1.24 bits per heavy atom. The first-order valence-corrected chi connectivity index (χ1v) is 10.5. The molecule has 0 aliphatic rings. The minimum Gasteiger partial charge on any atom is -0.507 e. The van der Waals surface area contributed by atoms with Crippen LogP contribution in [0.15, 0.2) is 70.9 Å². The molecule has 2 aromatic rings. The number of aromatic hydroxyl groups is 1. The zero-order valence-corrected chi connectivity index (χ0v) is 18.3. The molecule has 0 saturated carbocycles. The van der Waals surface area contributed by atoms with Crippen molar-refractivity contribution in [3.63, 3.8) is 0 Å². The summed E-state index contributed by atoms with van der Waals surface area (Å²) in [5.41, 5.74) is 3.92. The van der Waals surface area contributed by atoms with E-state index in [1.807, 2.05) is 30.3 Å². The van der Waals surface area contributed by atoms with Crippen LogP contribution in [-0.2, 0) is 0 Å². The Morgan fingerprint density at radius 2 is 2.03 bits per heavy atom. The zero-order valence-electron chi connectivity index (χ0n) is 16.7. The molecule has 0 fully saturated rings. The van der Waals surface area contributed by atoms with Crippen LogP contribution in [-0.4, -0.2) is 33.0 Å². The number of aliphatic hydroxyl groups excluding tert-OH is 2. The summed E-state index contributed by atoms with van der Waals surface area (Å²) in [5.74, 6) is 0.180. The number of halogens is 1. The van der Waals surface area contributed by atoms with Crippen LogP contribution in [0.5, 0.6) is 5.75 Å². The van der Waals surface area contributed by atoms with Gasteiger partial charge < -0.3 is 15.3 Å². The van der Waals surface area contributed by atoms with Gasteiger partial charge in [0, 0.05) is 16.2 Å². The molecule has 29 heavy (non-hydrogen) atoms. The van der Waals surface area contributed by atoms with Crippen LogP contribution in [0.3, 0.4) is 0 Å². The number of pyridine rings is 1. The first-order valence-electron chi connectivity index (χ1n) is 9.73. The predicted molar refractivity (Wildman–Crippen MR) is 122 cm³/mol. The summed E-state index contributed by atoms with van der Waals surface area (Å²) >= 11 is 3.43. The van der Waals surface area contributed by atoms with E-state index in [0.717, 1.165) is 34.2 Å². The normalized spacial score (nSPS) is 13.4. The van der Waals surface area contributed by atoms with E-state index < -0.39 is 6.10 Å². The van der Waals surface area contributed by atoms with Gasteiger partial charge in [-0.2, -0.15) is 0 Å². The Bertz CT molecular complexity index is 875. The van der Waals surface area contributed by atoms with Crippen LogP contribution in [0.4, 0.5) is 0 Å². The monoisotopic (exact) mass is 457 g/mol. The Morgan fingerprint density at radius 3 is 2.69 bits per heavy atom. The van der Waals surface area contributed by atoms with Crippen molar-refractivity contribution in [1.82, 2.24) is 4.98 Å². The van der Waals surface area contributed by atoms with E-state index in [9.17, 15) is 15.3 Å². The summed E-state index contributed by atoms with van der Waals surface area (Å²) in [6, 6.07) is 10.9. The van der Waals surface area contributed by atoms with Gasteiger partial charge in [0.2, 0.25) is 0 Å². The molecule has 2 rings (SSSR count). The van der Waals surface area contributed by atoms with E-state index in [2.05, 4.69) is 34.4 Å². The van der Waals surface area contributed by atoms with E-state index in [4.69, 9.17) is 0 Å². The molecule has 0 amide bonds. The van der Waals surface area contributed by atoms with Crippen molar-refractivity contribution in [1.29, 1.82) is 0 Å². The Hall–Kier alpha value is -2.21. The van der Waals surface area contributed by atoms with Gasteiger partial charge in [0.05, 0.1) is 18.4 Å². The maximum absolute atomic E-state index is 10.8. The van der Waals surface area contributed by atoms with Crippen molar-refractivity contribution >= 4 is 27.6 Å². The third kappa shape index (κ3) is 6.96. The molecule has 1 unspecified atom stereocenters. The third-order valence-electron chi connectivity index (χ3n) is 4.63. The van der Waals surface area contributed by atoms with Crippen molar-refractivity contribution in [3.8, 4) is 5.75 Å². The smallest absolute Gasteiger partial charge is 0.122 e. The largest absolute Gasteiger partial charge is 0.507 e. The van der Waals surface area contributed by atoms with Gasteiger partial charge in [-0.05, 0) is 72.4 Å². The standard InChI is InChI=1S/C24H28BrNO3/c1-3-6-17(2)21(12-14-27)24(29)10-8-18(22-7-4-5-13-26-22)15-19-16-20(25)9-11-23(19)28/h4-5,7,9,11-13,15-16,24,27-29H,2-3,6,8,10,14H2,1H3/b18-15-,21-12-. The molecule has 1 aromatic heterocycles. The van der Waals surface area contributed by atoms with Gasteiger partial charge in [-0.1, -0.05) is 48.0 Å². The highest BCUT2D eigenvalue weighted by molar-refractivity contribution is 9.10. The van der Waals surface area contributed by atoms with E-state index in [-0.39, 0.29) is 12.4 Å². The Kier molecular flexibility index (Phi) is 9.32. The lowest BCUT2D eigenvalue weighted by Gasteiger charge is -2.18. The molecular weight excluding hydrogens is 430 g/mol. The van der Waals surface area contributed by atoms with Crippen molar-refractivity contribution in [3.05, 3.63) is 82.1 Å². The number of hydrogen-bond donors (Lipinski definition) is 3. The molecule has 0 aliphatic carbocycles. The number of nitrogens with zero attached hydrogens (tertiary/aromatic N) is 1. The van der Waals surface area contributed by atoms with Gasteiger partial charge in [-0.25, -0.2) is 0 Å². The summed E-state index contributed by atoms with van der Waals surface area (Å²) in [4.78, 5) is 4.44. The SMILES string of the molecule is C=C(CCC)/C(=C/CO)C(O)CC/C(=C/c1cc(Br)ccc1O)c1ccccn1. The number of phenolic OH excluding ortho intramolecular Hbond substituents is 1. The number of allylic oxidation sites excluding steroid dienone is 1. The number of phenols is 1. The molecule has 1 aromatic carbocycles. The molecule has 3 N–H and O–H groups in total. The minimum absolute atomic E-state index is 0.135. The second-order valence-corrected chi connectivity index (χ2v) is 7.75. The molecule has 4 nitrogen and oxygen atoms in total. The molecule has 0 aliphatic heterocycles. The fourth-order valence-electron chi connectivity index (χ4n) is 3.16. The first-order chi connectivity index (χ1) is 14.0. The number of hydrogen-bond acceptors (Lipinski definition) is 4. The van der Waals surface area contributed by atoms with Crippen LogP contribution >= 0.6 is 15.9 Å². The van der Waals surface area contributed by atoms with Crippen LogP contribution < -0.4 is 0 Å². The highest BCUT2D eigenvalue weighted by Crippen LogP contribution is 2.30. The van der Waals surface area contributed by atoms with Gasteiger partial charge in [-0.15, -0.1) is 0 Å². The van der Waals surface area contributed by atoms with Gasteiger partial charge in [-0.3, -0.25) is 4.98 Å². The van der Waals surface area contributed by atoms with Gasteiger partial charge in [0.1, 0.15) is 5.75 Å². The summed E-state index contributed by atoms with van der Waals surface area (Å²) in [6.45, 7) is 5.98. The van der Waals surface area contributed by atoms with Gasteiger partial charge >= 0.3 is 0 Å². The number of aliphatic hydroxyl groups is 2. The van der Waals surface area contributed by atoms with Crippen LogP contribution in [0.25, 0.3) is 11.6 Å². The average Bonchev–Trinajstić information content (AvgIpc) is 2.72. The molecule has 0 spiro atoms. The van der Waals surface area contributed by atoms with Crippen LogP contribution in [0.1, 0.15) is 43.9 Å². The van der Waals surface area contributed by atoms with Crippen molar-refractivity contribution in [2.45, 2.75) is 38.7 Å². The van der Waals surface area contributed by atoms with Crippen LogP contribution in [0.2, 0.25) is 0 Å². The van der Waals surface area contributed by atoms with Crippen molar-refractivity contribution in [2.75, 3.05) is 6.61 Å². The lowest BCUT2D eigenvalue weighted by Crippen LogP contribution is -2.13. The summed E-state index contributed by atoms with van der Waals surface area (Å²) < 4.78 is 0.867.